The lowest BCUT2D eigenvalue weighted by molar-refractivity contribution is -0.140. The van der Waals surface area contributed by atoms with E-state index in [9.17, 15) is 18.0 Å². The molecule has 35 heavy (non-hydrogen) atoms. The number of amides is 2. The molecular weight excluding hydrogens is 486 g/mol. The highest BCUT2D eigenvalue weighted by molar-refractivity contribution is 7.92. The molecule has 9 heteroatoms. The molecule has 0 saturated heterocycles. The minimum atomic E-state index is -3.78. The Hall–Kier alpha value is -2.58. The lowest BCUT2D eigenvalue weighted by Gasteiger charge is -2.33. The van der Waals surface area contributed by atoms with Crippen LogP contribution in [-0.2, 0) is 26.2 Å². The number of benzene rings is 2. The van der Waals surface area contributed by atoms with Crippen molar-refractivity contribution < 1.29 is 18.0 Å². The fourth-order valence-electron chi connectivity index (χ4n) is 3.84. The summed E-state index contributed by atoms with van der Waals surface area (Å²) in [5.74, 6) is -0.743. The van der Waals surface area contributed by atoms with Gasteiger partial charge < -0.3 is 10.2 Å². The Labute approximate surface area is 214 Å². The van der Waals surface area contributed by atoms with E-state index in [-0.39, 0.29) is 12.5 Å². The number of nitrogens with zero attached hydrogens (tertiary/aromatic N) is 2. The molecule has 2 amide bonds. The van der Waals surface area contributed by atoms with Crippen LogP contribution in [0.5, 0.6) is 0 Å². The Balaban J connectivity index is 2.46. The van der Waals surface area contributed by atoms with Gasteiger partial charge in [0, 0.05) is 18.1 Å². The van der Waals surface area contributed by atoms with E-state index in [1.807, 2.05) is 39.8 Å². The minimum Gasteiger partial charge on any atom is -0.354 e. The Morgan fingerprint density at radius 2 is 1.74 bits per heavy atom. The Morgan fingerprint density at radius 1 is 1.06 bits per heavy atom. The zero-order chi connectivity index (χ0) is 26.2. The van der Waals surface area contributed by atoms with Gasteiger partial charge in [0.25, 0.3) is 0 Å². The molecule has 2 aromatic carbocycles. The summed E-state index contributed by atoms with van der Waals surface area (Å²) in [7, 11) is -3.78. The molecule has 0 aliphatic heterocycles. The van der Waals surface area contributed by atoms with Crippen molar-refractivity contribution >= 4 is 39.1 Å². The second kappa shape index (κ2) is 12.9. The molecule has 0 unspecified atom stereocenters. The molecule has 0 aliphatic rings. The topological polar surface area (TPSA) is 86.8 Å². The van der Waals surface area contributed by atoms with Gasteiger partial charge in [-0.05, 0) is 55.5 Å². The molecule has 0 spiro atoms. The molecule has 2 rings (SSSR count). The maximum absolute atomic E-state index is 13.7. The first kappa shape index (κ1) is 28.7. The second-order valence-corrected chi connectivity index (χ2v) is 11.0. The second-order valence-electron chi connectivity index (χ2n) is 8.67. The molecule has 1 atom stereocenters. The lowest BCUT2D eigenvalue weighted by atomic mass is 10.1. The summed E-state index contributed by atoms with van der Waals surface area (Å²) in [6.07, 6.45) is 3.21. The number of carbonyl (C=O) groups excluding carboxylic acids is 2. The molecule has 0 fully saturated rings. The van der Waals surface area contributed by atoms with Gasteiger partial charge >= 0.3 is 0 Å². The molecule has 1 N–H and O–H groups in total. The third-order valence-corrected chi connectivity index (χ3v) is 7.53. The summed E-state index contributed by atoms with van der Waals surface area (Å²) in [6.45, 7) is 7.75. The number of hydrogen-bond donors (Lipinski definition) is 1. The first-order chi connectivity index (χ1) is 16.5. The van der Waals surface area contributed by atoms with Gasteiger partial charge in [0.1, 0.15) is 12.6 Å². The quantitative estimate of drug-likeness (QED) is 0.418. The van der Waals surface area contributed by atoms with Crippen molar-refractivity contribution in [3.8, 4) is 0 Å². The van der Waals surface area contributed by atoms with E-state index in [1.165, 1.54) is 4.90 Å². The van der Waals surface area contributed by atoms with Crippen molar-refractivity contribution in [1.29, 1.82) is 0 Å². The summed E-state index contributed by atoms with van der Waals surface area (Å²) < 4.78 is 26.6. The van der Waals surface area contributed by atoms with Gasteiger partial charge in [0.05, 0.1) is 11.9 Å². The highest BCUT2D eigenvalue weighted by atomic mass is 35.5. The first-order valence-electron chi connectivity index (χ1n) is 11.9. The molecule has 0 bridgehead atoms. The van der Waals surface area contributed by atoms with Crippen LogP contribution < -0.4 is 9.62 Å². The Morgan fingerprint density at radius 3 is 2.34 bits per heavy atom. The Bertz CT molecular complexity index is 1140. The van der Waals surface area contributed by atoms with Gasteiger partial charge in [-0.3, -0.25) is 13.9 Å². The van der Waals surface area contributed by atoms with Gasteiger partial charge in [-0.2, -0.15) is 0 Å². The van der Waals surface area contributed by atoms with Crippen LogP contribution in [0.25, 0.3) is 0 Å². The standard InChI is InChI=1S/C26H36ClN3O4S/c1-6-8-16-28-26(32)23(7-2)29(17-21-13-9-10-14-22(21)27)25(31)18-30(35(5,33)34)24-15-11-12-19(3)20(24)4/h9-15,23H,6-8,16-18H2,1-5H3,(H,28,32)/t23-/m0/s1. The van der Waals surface area contributed by atoms with Crippen LogP contribution >= 0.6 is 11.6 Å². The Kier molecular flexibility index (Phi) is 10.6. The minimum absolute atomic E-state index is 0.0859. The predicted octanol–water partition coefficient (Wildman–Crippen LogP) is 4.45. The van der Waals surface area contributed by atoms with Crippen molar-refractivity contribution in [2.75, 3.05) is 23.7 Å². The largest absolute Gasteiger partial charge is 0.354 e. The van der Waals surface area contributed by atoms with Crippen molar-refractivity contribution in [3.05, 3.63) is 64.2 Å². The number of halogens is 1. The fraction of sp³-hybridized carbons (Fsp3) is 0.462. The third-order valence-electron chi connectivity index (χ3n) is 6.04. The molecular formula is C26H36ClN3O4S. The van der Waals surface area contributed by atoms with Crippen LogP contribution in [0, 0.1) is 13.8 Å². The average Bonchev–Trinajstić information content (AvgIpc) is 2.80. The van der Waals surface area contributed by atoms with Gasteiger partial charge in [0.15, 0.2) is 0 Å². The zero-order valence-electron chi connectivity index (χ0n) is 21.2. The number of rotatable bonds is 12. The highest BCUT2D eigenvalue weighted by Gasteiger charge is 2.32. The molecule has 192 valence electrons. The number of aryl methyl sites for hydroxylation is 1. The van der Waals surface area contributed by atoms with E-state index < -0.39 is 28.5 Å². The molecule has 2 aromatic rings. The maximum Gasteiger partial charge on any atom is 0.244 e. The van der Waals surface area contributed by atoms with Crippen LogP contribution in [0.3, 0.4) is 0 Å². The van der Waals surface area contributed by atoms with E-state index in [0.717, 1.165) is 34.5 Å². The van der Waals surface area contributed by atoms with E-state index in [2.05, 4.69) is 5.32 Å². The van der Waals surface area contributed by atoms with Crippen molar-refractivity contribution in [2.24, 2.45) is 0 Å². The van der Waals surface area contributed by atoms with E-state index in [0.29, 0.717) is 29.2 Å². The fourth-order valence-corrected chi connectivity index (χ4v) is 4.93. The van der Waals surface area contributed by atoms with Gasteiger partial charge in [-0.25, -0.2) is 8.42 Å². The number of carbonyl (C=O) groups is 2. The first-order valence-corrected chi connectivity index (χ1v) is 14.1. The van der Waals surface area contributed by atoms with E-state index in [4.69, 9.17) is 11.6 Å². The van der Waals surface area contributed by atoms with Crippen molar-refractivity contribution in [1.82, 2.24) is 10.2 Å². The number of hydrogen-bond acceptors (Lipinski definition) is 4. The zero-order valence-corrected chi connectivity index (χ0v) is 22.7. The molecule has 0 radical (unpaired) electrons. The highest BCUT2D eigenvalue weighted by Crippen LogP contribution is 2.26. The van der Waals surface area contributed by atoms with E-state index >= 15 is 0 Å². The SMILES string of the molecule is CCCCNC(=O)[C@H](CC)N(Cc1ccccc1Cl)C(=O)CN(c1cccc(C)c1C)S(C)(=O)=O. The lowest BCUT2D eigenvalue weighted by Crippen LogP contribution is -2.52. The van der Waals surface area contributed by atoms with Crippen LogP contribution in [0.4, 0.5) is 5.69 Å². The smallest absolute Gasteiger partial charge is 0.244 e. The molecule has 0 heterocycles. The molecule has 0 aromatic heterocycles. The summed E-state index contributed by atoms with van der Waals surface area (Å²) in [4.78, 5) is 28.2. The van der Waals surface area contributed by atoms with Gasteiger partial charge in [-0.15, -0.1) is 0 Å². The van der Waals surface area contributed by atoms with Gasteiger partial charge in [0.2, 0.25) is 21.8 Å². The average molecular weight is 522 g/mol. The normalized spacial score (nSPS) is 12.2. The van der Waals surface area contributed by atoms with Crippen molar-refractivity contribution in [3.63, 3.8) is 0 Å². The predicted molar refractivity (Wildman–Crippen MR) is 142 cm³/mol. The summed E-state index contributed by atoms with van der Waals surface area (Å²) in [5, 5.41) is 3.38. The number of unbranched alkanes of at least 4 members (excludes halogenated alkanes) is 1. The number of anilines is 1. The van der Waals surface area contributed by atoms with Crippen LogP contribution in [0.1, 0.15) is 49.8 Å². The monoisotopic (exact) mass is 521 g/mol. The third kappa shape index (κ3) is 7.70. The maximum atomic E-state index is 13.7. The number of sulfonamides is 1. The van der Waals surface area contributed by atoms with Crippen LogP contribution in [0.15, 0.2) is 42.5 Å². The number of nitrogens with one attached hydrogen (secondary N) is 1. The summed E-state index contributed by atoms with van der Waals surface area (Å²) >= 11 is 6.37. The van der Waals surface area contributed by atoms with Crippen LogP contribution in [0.2, 0.25) is 5.02 Å². The molecule has 0 saturated carbocycles. The van der Waals surface area contributed by atoms with Crippen LogP contribution in [-0.4, -0.2) is 50.5 Å². The van der Waals surface area contributed by atoms with Gasteiger partial charge in [-0.1, -0.05) is 62.2 Å². The molecule has 0 aliphatic carbocycles. The molecule has 7 nitrogen and oxygen atoms in total. The summed E-state index contributed by atoms with van der Waals surface area (Å²) in [6, 6.07) is 11.7. The summed E-state index contributed by atoms with van der Waals surface area (Å²) in [5.41, 5.74) is 2.81. The van der Waals surface area contributed by atoms with E-state index in [1.54, 1.807) is 30.3 Å². The van der Waals surface area contributed by atoms with Crippen molar-refractivity contribution in [2.45, 2.75) is 59.5 Å².